The van der Waals surface area contributed by atoms with Crippen molar-refractivity contribution in [3.63, 3.8) is 0 Å². The maximum absolute atomic E-state index is 12.0. The van der Waals surface area contributed by atoms with Crippen LogP contribution in [-0.4, -0.2) is 16.4 Å². The molecule has 0 bridgehead atoms. The first-order valence-electron chi connectivity index (χ1n) is 8.04. The summed E-state index contributed by atoms with van der Waals surface area (Å²) >= 11 is 0. The largest absolute Gasteiger partial charge is 0.375 e. The van der Waals surface area contributed by atoms with Gasteiger partial charge in [0.05, 0.1) is 25.5 Å². The summed E-state index contributed by atoms with van der Waals surface area (Å²) in [4.78, 5) is 12.0. The molecule has 4 heteroatoms. The van der Waals surface area contributed by atoms with Gasteiger partial charge in [0.15, 0.2) is 0 Å². The third kappa shape index (κ3) is 4.64. The minimum absolute atomic E-state index is 0.105. The van der Waals surface area contributed by atoms with E-state index >= 15 is 0 Å². The van der Waals surface area contributed by atoms with E-state index in [4.69, 9.17) is 4.74 Å². The molecule has 1 aromatic heterocycles. The fourth-order valence-electron chi connectivity index (χ4n) is 2.45. The lowest BCUT2D eigenvalue weighted by molar-refractivity contribution is 0.120. The highest BCUT2D eigenvalue weighted by molar-refractivity contribution is 5.15. The summed E-state index contributed by atoms with van der Waals surface area (Å²) < 4.78 is 7.17. The number of aromatic nitrogens is 2. The third-order valence-electron chi connectivity index (χ3n) is 3.72. The Morgan fingerprint density at radius 2 is 1.50 bits per heavy atom. The Balaban J connectivity index is 1.56. The molecule has 0 fully saturated rings. The van der Waals surface area contributed by atoms with Crippen molar-refractivity contribution in [1.29, 1.82) is 0 Å². The number of hydrogen-bond acceptors (Lipinski definition) is 3. The van der Waals surface area contributed by atoms with E-state index in [2.05, 4.69) is 17.2 Å². The van der Waals surface area contributed by atoms with Gasteiger partial charge in [-0.1, -0.05) is 60.7 Å². The molecule has 122 valence electrons. The first kappa shape index (κ1) is 16.1. The van der Waals surface area contributed by atoms with Crippen LogP contribution in [0.4, 0.5) is 0 Å². The summed E-state index contributed by atoms with van der Waals surface area (Å²) in [5.41, 5.74) is 2.96. The lowest BCUT2D eigenvalue weighted by Gasteiger charge is -2.08. The minimum atomic E-state index is -0.105. The van der Waals surface area contributed by atoms with Gasteiger partial charge in [0, 0.05) is 6.07 Å². The van der Waals surface area contributed by atoms with E-state index in [1.54, 1.807) is 12.1 Å². The van der Waals surface area contributed by atoms with Crippen molar-refractivity contribution in [2.24, 2.45) is 0 Å². The molecule has 24 heavy (non-hydrogen) atoms. The van der Waals surface area contributed by atoms with Crippen LogP contribution in [-0.2, 0) is 24.3 Å². The SMILES string of the molecule is O=c1ccc(COCCc2ccccc2)nn1Cc1ccccc1. The van der Waals surface area contributed by atoms with Crippen LogP contribution < -0.4 is 5.56 Å². The third-order valence-corrected chi connectivity index (χ3v) is 3.72. The van der Waals surface area contributed by atoms with Gasteiger partial charge >= 0.3 is 0 Å². The predicted octanol–water partition coefficient (Wildman–Crippen LogP) is 3.05. The smallest absolute Gasteiger partial charge is 0.267 e. The van der Waals surface area contributed by atoms with E-state index < -0.39 is 0 Å². The van der Waals surface area contributed by atoms with Crippen molar-refractivity contribution in [3.05, 3.63) is 100.0 Å². The van der Waals surface area contributed by atoms with Gasteiger partial charge < -0.3 is 4.74 Å². The monoisotopic (exact) mass is 320 g/mol. The van der Waals surface area contributed by atoms with E-state index in [0.717, 1.165) is 17.7 Å². The first-order valence-corrected chi connectivity index (χ1v) is 8.04. The van der Waals surface area contributed by atoms with E-state index in [0.29, 0.717) is 19.8 Å². The predicted molar refractivity (Wildman–Crippen MR) is 93.8 cm³/mol. The molecule has 0 saturated carbocycles. The molecule has 4 nitrogen and oxygen atoms in total. The van der Waals surface area contributed by atoms with Crippen LogP contribution in [0.2, 0.25) is 0 Å². The van der Waals surface area contributed by atoms with Gasteiger partial charge in [-0.3, -0.25) is 4.79 Å². The molecule has 3 rings (SSSR count). The zero-order chi connectivity index (χ0) is 16.6. The van der Waals surface area contributed by atoms with Crippen LogP contribution in [0, 0.1) is 0 Å². The molecule has 0 aliphatic carbocycles. The molecule has 1 heterocycles. The van der Waals surface area contributed by atoms with Gasteiger partial charge in [0.25, 0.3) is 5.56 Å². The zero-order valence-corrected chi connectivity index (χ0v) is 13.5. The maximum atomic E-state index is 12.0. The van der Waals surface area contributed by atoms with Crippen molar-refractivity contribution in [3.8, 4) is 0 Å². The van der Waals surface area contributed by atoms with Crippen LogP contribution >= 0.6 is 0 Å². The number of hydrogen-bond donors (Lipinski definition) is 0. The Hall–Kier alpha value is -2.72. The Kier molecular flexibility index (Phi) is 5.53. The van der Waals surface area contributed by atoms with E-state index in [1.807, 2.05) is 48.5 Å². The number of benzene rings is 2. The van der Waals surface area contributed by atoms with Gasteiger partial charge in [-0.25, -0.2) is 4.68 Å². The second kappa shape index (κ2) is 8.22. The second-order valence-electron chi connectivity index (χ2n) is 5.59. The van der Waals surface area contributed by atoms with Crippen LogP contribution in [0.1, 0.15) is 16.8 Å². The van der Waals surface area contributed by atoms with Gasteiger partial charge in [-0.2, -0.15) is 5.10 Å². The second-order valence-corrected chi connectivity index (χ2v) is 5.59. The lowest BCUT2D eigenvalue weighted by Crippen LogP contribution is -2.23. The van der Waals surface area contributed by atoms with E-state index in [-0.39, 0.29) is 5.56 Å². The molecule has 0 aliphatic rings. The molecule has 3 aromatic rings. The molecule has 2 aromatic carbocycles. The van der Waals surface area contributed by atoms with E-state index in [9.17, 15) is 4.79 Å². The van der Waals surface area contributed by atoms with Gasteiger partial charge in [-0.15, -0.1) is 0 Å². The standard InChI is InChI=1S/C20H20N2O2/c23-20-12-11-19(16-24-14-13-17-7-3-1-4-8-17)21-22(20)15-18-9-5-2-6-10-18/h1-12H,13-16H2. The quantitative estimate of drug-likeness (QED) is 0.629. The van der Waals surface area contributed by atoms with Crippen LogP contribution in [0.3, 0.4) is 0 Å². The Morgan fingerprint density at radius 1 is 0.833 bits per heavy atom. The highest BCUT2D eigenvalue weighted by Crippen LogP contribution is 2.03. The van der Waals surface area contributed by atoms with Crippen LogP contribution in [0.15, 0.2) is 77.6 Å². The summed E-state index contributed by atoms with van der Waals surface area (Å²) in [6.07, 6.45) is 0.866. The fraction of sp³-hybridized carbons (Fsp3) is 0.200. The maximum Gasteiger partial charge on any atom is 0.267 e. The molecular weight excluding hydrogens is 300 g/mol. The van der Waals surface area contributed by atoms with Crippen molar-refractivity contribution >= 4 is 0 Å². The summed E-state index contributed by atoms with van der Waals surface area (Å²) in [6, 6.07) is 23.3. The Labute approximate surface area is 141 Å². The zero-order valence-electron chi connectivity index (χ0n) is 13.5. The van der Waals surface area contributed by atoms with Gasteiger partial charge in [0.1, 0.15) is 0 Å². The van der Waals surface area contributed by atoms with Crippen molar-refractivity contribution in [1.82, 2.24) is 9.78 Å². The Bertz CT molecular complexity index is 814. The van der Waals surface area contributed by atoms with Crippen LogP contribution in [0.25, 0.3) is 0 Å². The molecule has 0 aliphatic heterocycles. The Morgan fingerprint density at radius 3 is 2.21 bits per heavy atom. The molecule has 0 N–H and O–H groups in total. The van der Waals surface area contributed by atoms with E-state index in [1.165, 1.54) is 10.2 Å². The minimum Gasteiger partial charge on any atom is -0.375 e. The summed E-state index contributed by atoms with van der Waals surface area (Å²) in [6.45, 7) is 1.50. The van der Waals surface area contributed by atoms with Crippen molar-refractivity contribution in [2.75, 3.05) is 6.61 Å². The first-order chi connectivity index (χ1) is 11.8. The molecule has 0 radical (unpaired) electrons. The van der Waals surface area contributed by atoms with Crippen molar-refractivity contribution < 1.29 is 4.74 Å². The number of ether oxygens (including phenoxy) is 1. The molecular formula is C20H20N2O2. The number of nitrogens with zero attached hydrogens (tertiary/aromatic N) is 2. The summed E-state index contributed by atoms with van der Waals surface area (Å²) in [7, 11) is 0. The highest BCUT2D eigenvalue weighted by Gasteiger charge is 2.02. The summed E-state index contributed by atoms with van der Waals surface area (Å²) in [5, 5.41) is 4.39. The molecule has 0 unspecified atom stereocenters. The van der Waals surface area contributed by atoms with Crippen LogP contribution in [0.5, 0.6) is 0 Å². The number of rotatable bonds is 7. The average molecular weight is 320 g/mol. The molecule has 0 spiro atoms. The lowest BCUT2D eigenvalue weighted by atomic mass is 10.2. The molecule has 0 atom stereocenters. The van der Waals surface area contributed by atoms with Gasteiger partial charge in [0.2, 0.25) is 0 Å². The topological polar surface area (TPSA) is 44.1 Å². The highest BCUT2D eigenvalue weighted by atomic mass is 16.5. The average Bonchev–Trinajstić information content (AvgIpc) is 2.63. The molecule has 0 saturated heterocycles. The summed E-state index contributed by atoms with van der Waals surface area (Å²) in [5.74, 6) is 0. The van der Waals surface area contributed by atoms with Crippen molar-refractivity contribution in [2.45, 2.75) is 19.6 Å². The van der Waals surface area contributed by atoms with Gasteiger partial charge in [-0.05, 0) is 23.6 Å². The fourth-order valence-corrected chi connectivity index (χ4v) is 2.45. The molecule has 0 amide bonds. The normalized spacial score (nSPS) is 10.7.